The van der Waals surface area contributed by atoms with Crippen molar-refractivity contribution in [2.24, 2.45) is 5.41 Å². The van der Waals surface area contributed by atoms with Gasteiger partial charge < -0.3 is 49.2 Å². The van der Waals surface area contributed by atoms with Gasteiger partial charge >= 0.3 is 59.7 Å². The molecule has 0 rings (SSSR count). The summed E-state index contributed by atoms with van der Waals surface area (Å²) in [5.41, 5.74) is -1.96. The highest BCUT2D eigenvalue weighted by molar-refractivity contribution is 5.80. The van der Waals surface area contributed by atoms with Crippen molar-refractivity contribution in [3.05, 3.63) is 0 Å². The number of ether oxygens (including phenoxy) is 5. The van der Waals surface area contributed by atoms with Gasteiger partial charge in [-0.1, -0.05) is 252 Å². The number of carboxylic acids is 5. The van der Waals surface area contributed by atoms with Crippen molar-refractivity contribution in [3.8, 4) is 0 Å². The van der Waals surface area contributed by atoms with E-state index in [-0.39, 0.29) is 51.7 Å². The molecule has 0 spiro atoms. The number of unbranched alkanes of at least 4 members (excludes halogenated alkanes) is 37. The summed E-state index contributed by atoms with van der Waals surface area (Å²) in [6.07, 6.45) is 43.7. The second kappa shape index (κ2) is 62.1. The zero-order valence-corrected chi connectivity index (χ0v) is 59.1. The molecule has 0 aliphatic heterocycles. The molecule has 0 aromatic rings. The van der Waals surface area contributed by atoms with Gasteiger partial charge in [0, 0.05) is 38.8 Å². The molecule has 0 fully saturated rings. The van der Waals surface area contributed by atoms with E-state index < -0.39 is 137 Å². The third-order valence-corrected chi connectivity index (χ3v) is 17.1. The summed E-state index contributed by atoms with van der Waals surface area (Å²) < 4.78 is 28.4. The van der Waals surface area contributed by atoms with Crippen molar-refractivity contribution in [2.45, 2.75) is 316 Å². The number of nitrogens with zero attached hydrogens (tertiary/aromatic N) is 3. The van der Waals surface area contributed by atoms with Gasteiger partial charge in [-0.3, -0.25) is 62.6 Å². The number of carboxylic acid groups (broad SMARTS) is 5. The van der Waals surface area contributed by atoms with E-state index >= 15 is 0 Å². The Bertz CT molecular complexity index is 1900. The highest BCUT2D eigenvalue weighted by atomic mass is 16.6. The fraction of sp³-hybridized carbons (Fsp3) is 0.861. The number of hydrogen-bond acceptors (Lipinski definition) is 18. The average Bonchev–Trinajstić information content (AvgIpc) is 0.890. The topological polar surface area (TPSA) is 328 Å². The van der Waals surface area contributed by atoms with Crippen LogP contribution in [0, 0.1) is 5.41 Å². The van der Waals surface area contributed by atoms with Crippen molar-refractivity contribution in [3.63, 3.8) is 0 Å². The molecular weight excluding hydrogens is 1230 g/mol. The van der Waals surface area contributed by atoms with Gasteiger partial charge in [0.05, 0.1) is 39.5 Å². The Morgan fingerprint density at radius 1 is 0.316 bits per heavy atom. The molecular formula is C72H129N3O20. The summed E-state index contributed by atoms with van der Waals surface area (Å²) in [5, 5.41) is 47.9. The molecule has 0 aliphatic carbocycles. The number of carbonyl (C=O) groups excluding carboxylic acids is 5. The van der Waals surface area contributed by atoms with Crippen LogP contribution in [0.2, 0.25) is 0 Å². The van der Waals surface area contributed by atoms with Crippen LogP contribution in [-0.4, -0.2) is 185 Å². The fourth-order valence-electron chi connectivity index (χ4n) is 11.3. The zero-order valence-electron chi connectivity index (χ0n) is 59.1. The normalized spacial score (nSPS) is 11.9. The molecule has 1 atom stereocenters. The summed E-state index contributed by atoms with van der Waals surface area (Å²) in [6.45, 7) is -1.00. The Kier molecular flexibility index (Phi) is 58.6. The highest BCUT2D eigenvalue weighted by Crippen LogP contribution is 2.26. The lowest BCUT2D eigenvalue weighted by Crippen LogP contribution is -2.54. The van der Waals surface area contributed by atoms with Crippen LogP contribution >= 0.6 is 0 Å². The summed E-state index contributed by atoms with van der Waals surface area (Å²) >= 11 is 0. The molecule has 0 saturated heterocycles. The van der Waals surface area contributed by atoms with Crippen molar-refractivity contribution in [1.82, 2.24) is 14.7 Å². The maximum absolute atomic E-state index is 14.5. The number of aliphatic carboxylic acids is 5. The van der Waals surface area contributed by atoms with Crippen molar-refractivity contribution in [1.29, 1.82) is 0 Å². The van der Waals surface area contributed by atoms with Crippen molar-refractivity contribution >= 4 is 59.7 Å². The van der Waals surface area contributed by atoms with E-state index in [2.05, 4.69) is 20.8 Å². The number of esters is 5. The number of carbonyl (C=O) groups is 10. The SMILES string of the molecule is CCCCCCCCCCCCCCCC(=O)OCC(COC(=O)CCCCCCCCCCCCCCC)(COC(=O)CCCCCCCCCCCCCCC)C(=O)OCCCCC(=O)OCC(C(=O)O)N(CCN(CC(=O)O)CC(=O)O)CN(CC(=O)O)CC(=O)O. The molecule has 23 nitrogen and oxygen atoms in total. The molecule has 0 aromatic heterocycles. The van der Waals surface area contributed by atoms with Crippen LogP contribution < -0.4 is 0 Å². The average molecular weight is 1360 g/mol. The van der Waals surface area contributed by atoms with E-state index in [0.717, 1.165) is 91.7 Å². The van der Waals surface area contributed by atoms with Crippen LogP contribution in [-0.2, 0) is 71.6 Å². The van der Waals surface area contributed by atoms with Crippen LogP contribution in [0.15, 0.2) is 0 Å². The first-order valence-corrected chi connectivity index (χ1v) is 36.9. The Labute approximate surface area is 569 Å². The molecule has 0 radical (unpaired) electrons. The summed E-state index contributed by atoms with van der Waals surface area (Å²) in [6, 6.07) is -1.75. The lowest BCUT2D eigenvalue weighted by molar-refractivity contribution is -0.180. The van der Waals surface area contributed by atoms with E-state index in [9.17, 15) is 73.5 Å². The van der Waals surface area contributed by atoms with Gasteiger partial charge in [-0.2, -0.15) is 0 Å². The lowest BCUT2D eigenvalue weighted by Gasteiger charge is -2.34. The van der Waals surface area contributed by atoms with Gasteiger partial charge in [0.2, 0.25) is 0 Å². The molecule has 0 bridgehead atoms. The molecule has 0 aromatic carbocycles. The van der Waals surface area contributed by atoms with Crippen LogP contribution in [0.3, 0.4) is 0 Å². The first-order chi connectivity index (χ1) is 45.8. The molecule has 0 heterocycles. The Hall–Kier alpha value is -5.42. The second-order valence-electron chi connectivity index (χ2n) is 26.1. The van der Waals surface area contributed by atoms with Gasteiger partial charge in [0.15, 0.2) is 5.41 Å². The Balaban J connectivity index is 6.26. The Morgan fingerprint density at radius 3 is 0.863 bits per heavy atom. The van der Waals surface area contributed by atoms with Crippen LogP contribution in [0.25, 0.3) is 0 Å². The van der Waals surface area contributed by atoms with Gasteiger partial charge in [-0.05, 0) is 32.1 Å². The molecule has 1 unspecified atom stereocenters. The summed E-state index contributed by atoms with van der Waals surface area (Å²) in [5.74, 6) is -10.9. The number of hydrogen-bond donors (Lipinski definition) is 5. The third-order valence-electron chi connectivity index (χ3n) is 17.1. The first-order valence-electron chi connectivity index (χ1n) is 36.9. The van der Waals surface area contributed by atoms with E-state index in [1.165, 1.54) is 154 Å². The van der Waals surface area contributed by atoms with Crippen molar-refractivity contribution < 1.29 is 97.2 Å². The predicted molar refractivity (Wildman–Crippen MR) is 364 cm³/mol. The second-order valence-corrected chi connectivity index (χ2v) is 26.1. The smallest absolute Gasteiger partial charge is 0.324 e. The third kappa shape index (κ3) is 55.3. The molecule has 0 amide bonds. The molecule has 5 N–H and O–H groups in total. The van der Waals surface area contributed by atoms with Crippen LogP contribution in [0.4, 0.5) is 0 Å². The first kappa shape index (κ1) is 89.6. The van der Waals surface area contributed by atoms with E-state index in [0.29, 0.717) is 19.3 Å². The van der Waals surface area contributed by atoms with Crippen LogP contribution in [0.5, 0.6) is 0 Å². The van der Waals surface area contributed by atoms with Crippen molar-refractivity contribution in [2.75, 3.05) is 79.0 Å². The molecule has 95 heavy (non-hydrogen) atoms. The quantitative estimate of drug-likeness (QED) is 0.0163. The Morgan fingerprint density at radius 2 is 0.579 bits per heavy atom. The van der Waals surface area contributed by atoms with Gasteiger partial charge in [0.25, 0.3) is 0 Å². The van der Waals surface area contributed by atoms with Crippen LogP contribution in [0.1, 0.15) is 310 Å². The van der Waals surface area contributed by atoms with E-state index in [1.807, 2.05) is 0 Å². The zero-order chi connectivity index (χ0) is 70.4. The predicted octanol–water partition coefficient (Wildman–Crippen LogP) is 14.0. The molecule has 0 aliphatic rings. The minimum atomic E-state index is -1.96. The minimum Gasteiger partial charge on any atom is -0.480 e. The van der Waals surface area contributed by atoms with Gasteiger partial charge in [-0.25, -0.2) is 0 Å². The monoisotopic (exact) mass is 1360 g/mol. The van der Waals surface area contributed by atoms with E-state index in [4.69, 9.17) is 23.7 Å². The largest absolute Gasteiger partial charge is 0.480 e. The van der Waals surface area contributed by atoms with E-state index in [1.54, 1.807) is 0 Å². The maximum atomic E-state index is 14.5. The summed E-state index contributed by atoms with van der Waals surface area (Å²) in [4.78, 5) is 130. The molecule has 23 heteroatoms. The maximum Gasteiger partial charge on any atom is 0.324 e. The fourth-order valence-corrected chi connectivity index (χ4v) is 11.3. The van der Waals surface area contributed by atoms with Gasteiger partial charge in [0.1, 0.15) is 32.5 Å². The standard InChI is InChI=1S/C72H129N3O20/c1-4-7-10-13-16-19-22-25-28-31-34-37-40-45-67(85)93-57-72(58-94-68(86)46-41-38-35-32-29-26-23-20-17-14-11-8-5-2,59-95-69(87)47-42-39-36-33-30-27-24-21-18-15-12-9-6-3)71(90)91-51-44-43-48-66(84)92-56-61(70(88)89)75(60-74(54-64(80)81)55-65(82)83)50-49-73(52-62(76)77)53-63(78)79/h61H,4-60H2,1-3H3,(H,76,77)(H,78,79)(H,80,81)(H,82,83)(H,88,89). The summed E-state index contributed by atoms with van der Waals surface area (Å²) in [7, 11) is 0. The lowest BCUT2D eigenvalue weighted by atomic mass is 9.91. The highest BCUT2D eigenvalue weighted by Gasteiger charge is 2.45. The minimum absolute atomic E-state index is 0.0290. The number of rotatable bonds is 71. The molecule has 0 saturated carbocycles. The molecule has 552 valence electrons. The van der Waals surface area contributed by atoms with Gasteiger partial charge in [-0.15, -0.1) is 0 Å².